The maximum Gasteiger partial charge on any atom is 0.339 e. The summed E-state index contributed by atoms with van der Waals surface area (Å²) in [5.74, 6) is 0.292. The Labute approximate surface area is 126 Å². The van der Waals surface area contributed by atoms with Crippen molar-refractivity contribution < 1.29 is 14.3 Å². The Hall–Kier alpha value is -1.46. The molecule has 1 aromatic heterocycles. The summed E-state index contributed by atoms with van der Waals surface area (Å²) in [7, 11) is 0. The first kappa shape index (κ1) is 15.9. The summed E-state index contributed by atoms with van der Waals surface area (Å²) in [6.07, 6.45) is 3.20. The fourth-order valence-corrected chi connectivity index (χ4v) is 2.48. The molecule has 1 aromatic rings. The maximum absolute atomic E-state index is 12.0. The Morgan fingerprint density at radius 2 is 2.33 bits per heavy atom. The van der Waals surface area contributed by atoms with Crippen molar-refractivity contribution in [2.24, 2.45) is 5.92 Å². The molecule has 0 spiro atoms. The number of rotatable bonds is 5. The number of hydrogen-bond acceptors (Lipinski definition) is 5. The van der Waals surface area contributed by atoms with Gasteiger partial charge in [-0.2, -0.15) is 0 Å². The molecule has 0 saturated carbocycles. The van der Waals surface area contributed by atoms with Crippen molar-refractivity contribution in [2.45, 2.75) is 26.9 Å². The van der Waals surface area contributed by atoms with Crippen molar-refractivity contribution in [2.75, 3.05) is 32.8 Å². The summed E-state index contributed by atoms with van der Waals surface area (Å²) in [5.41, 5.74) is 1.44. The maximum atomic E-state index is 12.0. The van der Waals surface area contributed by atoms with Gasteiger partial charge in [0.25, 0.3) is 0 Å². The molecule has 0 amide bonds. The molecule has 1 aliphatic rings. The molecule has 2 rings (SSSR count). The highest BCUT2D eigenvalue weighted by Gasteiger charge is 2.22. The van der Waals surface area contributed by atoms with Gasteiger partial charge in [-0.05, 0) is 24.5 Å². The van der Waals surface area contributed by atoms with E-state index in [-0.39, 0.29) is 12.1 Å². The SMILES string of the molecule is Cc1cncc(C(=O)OCC2CN(CC(C)C)CCO2)c1. The van der Waals surface area contributed by atoms with Crippen LogP contribution < -0.4 is 0 Å². The van der Waals surface area contributed by atoms with Crippen LogP contribution in [0.15, 0.2) is 18.5 Å². The summed E-state index contributed by atoms with van der Waals surface area (Å²) < 4.78 is 11.0. The molecule has 21 heavy (non-hydrogen) atoms. The molecule has 1 atom stereocenters. The van der Waals surface area contributed by atoms with Crippen LogP contribution >= 0.6 is 0 Å². The van der Waals surface area contributed by atoms with Crippen molar-refractivity contribution >= 4 is 5.97 Å². The predicted molar refractivity (Wildman–Crippen MR) is 80.3 cm³/mol. The molecule has 0 aromatic carbocycles. The minimum absolute atomic E-state index is 0.0424. The minimum Gasteiger partial charge on any atom is -0.459 e. The number of nitrogens with zero attached hydrogens (tertiary/aromatic N) is 2. The fourth-order valence-electron chi connectivity index (χ4n) is 2.48. The van der Waals surface area contributed by atoms with E-state index in [4.69, 9.17) is 9.47 Å². The van der Waals surface area contributed by atoms with E-state index < -0.39 is 0 Å². The second-order valence-electron chi connectivity index (χ2n) is 6.00. The number of pyridine rings is 1. The van der Waals surface area contributed by atoms with Crippen molar-refractivity contribution in [1.29, 1.82) is 0 Å². The summed E-state index contributed by atoms with van der Waals surface area (Å²) >= 11 is 0. The predicted octanol–water partition coefficient (Wildman–Crippen LogP) is 1.90. The molecule has 116 valence electrons. The van der Waals surface area contributed by atoms with Gasteiger partial charge in [-0.1, -0.05) is 13.8 Å². The number of aromatic nitrogens is 1. The van der Waals surface area contributed by atoms with Crippen LogP contribution in [0.4, 0.5) is 0 Å². The third-order valence-electron chi connectivity index (χ3n) is 3.36. The average molecular weight is 292 g/mol. The Morgan fingerprint density at radius 1 is 1.52 bits per heavy atom. The lowest BCUT2D eigenvalue weighted by atomic mass is 10.2. The Morgan fingerprint density at radius 3 is 3.05 bits per heavy atom. The molecule has 1 fully saturated rings. The molecule has 1 saturated heterocycles. The van der Waals surface area contributed by atoms with E-state index in [1.807, 2.05) is 6.92 Å². The molecule has 0 aliphatic carbocycles. The van der Waals surface area contributed by atoms with Gasteiger partial charge in [0, 0.05) is 32.0 Å². The zero-order valence-electron chi connectivity index (χ0n) is 13.0. The van der Waals surface area contributed by atoms with E-state index in [1.54, 1.807) is 12.3 Å². The van der Waals surface area contributed by atoms with E-state index >= 15 is 0 Å². The van der Waals surface area contributed by atoms with E-state index in [0.717, 1.165) is 25.2 Å². The molecule has 5 nitrogen and oxygen atoms in total. The Kier molecular flexibility index (Phi) is 5.70. The fraction of sp³-hybridized carbons (Fsp3) is 0.625. The van der Waals surface area contributed by atoms with E-state index in [0.29, 0.717) is 24.7 Å². The third-order valence-corrected chi connectivity index (χ3v) is 3.36. The van der Waals surface area contributed by atoms with Crippen LogP contribution in [0.25, 0.3) is 0 Å². The number of esters is 1. The van der Waals surface area contributed by atoms with Gasteiger partial charge in [-0.3, -0.25) is 9.88 Å². The molecular formula is C16H24N2O3. The van der Waals surface area contributed by atoms with E-state index in [9.17, 15) is 4.79 Å². The van der Waals surface area contributed by atoms with Crippen LogP contribution in [0, 0.1) is 12.8 Å². The van der Waals surface area contributed by atoms with Crippen LogP contribution in [0.5, 0.6) is 0 Å². The average Bonchev–Trinajstić information content (AvgIpc) is 2.44. The van der Waals surface area contributed by atoms with Gasteiger partial charge in [0.05, 0.1) is 12.2 Å². The number of aryl methyl sites for hydroxylation is 1. The summed E-state index contributed by atoms with van der Waals surface area (Å²) in [6.45, 7) is 10.1. The first-order chi connectivity index (χ1) is 10.0. The lowest BCUT2D eigenvalue weighted by Crippen LogP contribution is -2.45. The first-order valence-electron chi connectivity index (χ1n) is 7.47. The topological polar surface area (TPSA) is 51.7 Å². The molecule has 0 N–H and O–H groups in total. The Balaban J connectivity index is 1.81. The van der Waals surface area contributed by atoms with Crippen LogP contribution in [0.3, 0.4) is 0 Å². The number of morpholine rings is 1. The van der Waals surface area contributed by atoms with Crippen molar-refractivity contribution in [3.05, 3.63) is 29.6 Å². The summed E-state index contributed by atoms with van der Waals surface area (Å²) in [6, 6.07) is 1.78. The smallest absolute Gasteiger partial charge is 0.339 e. The summed E-state index contributed by atoms with van der Waals surface area (Å²) in [4.78, 5) is 18.3. The highest BCUT2D eigenvalue weighted by molar-refractivity contribution is 5.89. The largest absolute Gasteiger partial charge is 0.459 e. The molecule has 0 radical (unpaired) electrons. The molecule has 0 bridgehead atoms. The van der Waals surface area contributed by atoms with Gasteiger partial charge in [0.1, 0.15) is 12.7 Å². The second kappa shape index (κ2) is 7.52. The van der Waals surface area contributed by atoms with Crippen LogP contribution in [0.2, 0.25) is 0 Å². The van der Waals surface area contributed by atoms with Gasteiger partial charge >= 0.3 is 5.97 Å². The van der Waals surface area contributed by atoms with Crippen molar-refractivity contribution in [1.82, 2.24) is 9.88 Å². The van der Waals surface area contributed by atoms with Gasteiger partial charge in [-0.15, -0.1) is 0 Å². The van der Waals surface area contributed by atoms with Gasteiger partial charge in [0.15, 0.2) is 0 Å². The number of hydrogen-bond donors (Lipinski definition) is 0. The van der Waals surface area contributed by atoms with Gasteiger partial charge in [-0.25, -0.2) is 4.79 Å². The van der Waals surface area contributed by atoms with E-state index in [2.05, 4.69) is 23.7 Å². The first-order valence-corrected chi connectivity index (χ1v) is 7.47. The van der Waals surface area contributed by atoms with Crippen LogP contribution in [-0.2, 0) is 9.47 Å². The third kappa shape index (κ3) is 5.10. The molecular weight excluding hydrogens is 268 g/mol. The molecule has 5 heteroatoms. The second-order valence-corrected chi connectivity index (χ2v) is 6.00. The molecule has 1 unspecified atom stereocenters. The zero-order valence-corrected chi connectivity index (χ0v) is 13.0. The number of carbonyl (C=O) groups excluding carboxylic acids is 1. The van der Waals surface area contributed by atoms with Crippen LogP contribution in [-0.4, -0.2) is 54.8 Å². The normalized spacial score (nSPS) is 19.7. The quantitative estimate of drug-likeness (QED) is 0.776. The molecule has 1 aliphatic heterocycles. The standard InChI is InChI=1S/C16H24N2O3/c1-12(2)9-18-4-5-20-15(10-18)11-21-16(19)14-6-13(3)7-17-8-14/h6-8,12,15H,4-5,9-11H2,1-3H3. The highest BCUT2D eigenvalue weighted by Crippen LogP contribution is 2.10. The lowest BCUT2D eigenvalue weighted by Gasteiger charge is -2.33. The number of carbonyl (C=O) groups is 1. The van der Waals surface area contributed by atoms with E-state index in [1.165, 1.54) is 6.20 Å². The highest BCUT2D eigenvalue weighted by atomic mass is 16.6. The lowest BCUT2D eigenvalue weighted by molar-refractivity contribution is -0.0612. The van der Waals surface area contributed by atoms with Gasteiger partial charge in [0.2, 0.25) is 0 Å². The summed E-state index contributed by atoms with van der Waals surface area (Å²) in [5, 5.41) is 0. The van der Waals surface area contributed by atoms with Crippen molar-refractivity contribution in [3.63, 3.8) is 0 Å². The minimum atomic E-state index is -0.337. The van der Waals surface area contributed by atoms with Crippen LogP contribution in [0.1, 0.15) is 29.8 Å². The van der Waals surface area contributed by atoms with Gasteiger partial charge < -0.3 is 9.47 Å². The Bertz CT molecular complexity index is 476. The number of ether oxygens (including phenoxy) is 2. The molecule has 2 heterocycles. The zero-order chi connectivity index (χ0) is 15.2. The monoisotopic (exact) mass is 292 g/mol. The van der Waals surface area contributed by atoms with Crippen molar-refractivity contribution in [3.8, 4) is 0 Å².